The van der Waals surface area contributed by atoms with Crippen molar-refractivity contribution < 1.29 is 13.9 Å². The highest BCUT2D eigenvalue weighted by molar-refractivity contribution is 7.21. The molecule has 1 fully saturated rings. The molecule has 4 rings (SSSR count). The maximum absolute atomic E-state index is 14.6. The van der Waals surface area contributed by atoms with Gasteiger partial charge >= 0.3 is 0 Å². The highest BCUT2D eigenvalue weighted by atomic mass is 32.1. The molecule has 4 nitrogen and oxygen atoms in total. The number of fused-ring (bicyclic) bond motifs is 1. The molecule has 1 amide bonds. The number of amides is 1. The second-order valence-corrected chi connectivity index (χ2v) is 7.82. The molecular weight excluding hydrogens is 363 g/mol. The Morgan fingerprint density at radius 1 is 1.22 bits per heavy atom. The molecule has 140 valence electrons. The monoisotopic (exact) mass is 384 g/mol. The fraction of sp³-hybridized carbons (Fsp3) is 0.286. The molecule has 1 aliphatic heterocycles. The van der Waals surface area contributed by atoms with E-state index in [1.165, 1.54) is 17.4 Å². The molecule has 0 bridgehead atoms. The molecule has 27 heavy (non-hydrogen) atoms. The van der Waals surface area contributed by atoms with Crippen molar-refractivity contribution in [2.24, 2.45) is 11.7 Å². The third kappa shape index (κ3) is 3.55. The van der Waals surface area contributed by atoms with E-state index < -0.39 is 0 Å². The number of thiophene rings is 1. The first-order valence-corrected chi connectivity index (χ1v) is 9.86. The minimum atomic E-state index is -0.323. The van der Waals surface area contributed by atoms with Crippen LogP contribution in [0.2, 0.25) is 0 Å². The number of hydrogen-bond acceptors (Lipinski definition) is 4. The van der Waals surface area contributed by atoms with E-state index in [4.69, 9.17) is 10.5 Å². The number of nitrogens with zero attached hydrogens (tertiary/aromatic N) is 1. The maximum Gasteiger partial charge on any atom is 0.264 e. The first-order chi connectivity index (χ1) is 13.2. The van der Waals surface area contributed by atoms with Crippen molar-refractivity contribution in [2.45, 2.75) is 13.0 Å². The summed E-state index contributed by atoms with van der Waals surface area (Å²) in [4.78, 5) is 15.5. The van der Waals surface area contributed by atoms with E-state index in [2.05, 4.69) is 0 Å². The lowest BCUT2D eigenvalue weighted by Gasteiger charge is -2.16. The number of hydrogen-bond donors (Lipinski definition) is 1. The summed E-state index contributed by atoms with van der Waals surface area (Å²) in [5, 5.41) is 0.483. The van der Waals surface area contributed by atoms with E-state index in [9.17, 15) is 9.18 Å². The second-order valence-electron chi connectivity index (χ2n) is 6.77. The van der Waals surface area contributed by atoms with Crippen molar-refractivity contribution in [3.05, 3.63) is 64.8 Å². The Kier molecular flexibility index (Phi) is 5.09. The Labute approximate surface area is 161 Å². The van der Waals surface area contributed by atoms with Gasteiger partial charge in [0.15, 0.2) is 0 Å². The molecule has 0 unspecified atom stereocenters. The number of carbonyl (C=O) groups is 1. The lowest BCUT2D eigenvalue weighted by Crippen LogP contribution is -2.30. The SMILES string of the molecule is NC[C@@H]1CCN(C(=O)c2sc3cccc(F)c3c2COc2ccccc2)C1. The van der Waals surface area contributed by atoms with Crippen LogP contribution in [-0.2, 0) is 6.61 Å². The van der Waals surface area contributed by atoms with Gasteiger partial charge in [0.05, 0.1) is 4.88 Å². The number of rotatable bonds is 5. The van der Waals surface area contributed by atoms with Gasteiger partial charge in [0.2, 0.25) is 0 Å². The van der Waals surface area contributed by atoms with Gasteiger partial charge in [0.25, 0.3) is 5.91 Å². The predicted molar refractivity (Wildman–Crippen MR) is 106 cm³/mol. The predicted octanol–water partition coefficient (Wildman–Crippen LogP) is 4.04. The summed E-state index contributed by atoms with van der Waals surface area (Å²) in [6.07, 6.45) is 0.914. The summed E-state index contributed by atoms with van der Waals surface area (Å²) in [5.41, 5.74) is 6.38. The number of halogens is 1. The van der Waals surface area contributed by atoms with Crippen LogP contribution in [0.25, 0.3) is 10.1 Å². The van der Waals surface area contributed by atoms with Gasteiger partial charge in [-0.2, -0.15) is 0 Å². The lowest BCUT2D eigenvalue weighted by atomic mass is 10.1. The standard InChI is InChI=1S/C21H21FN2O2S/c22-17-7-4-8-18-19(17)16(13-26-15-5-2-1-3-6-15)20(27-18)21(25)24-10-9-14(11-23)12-24/h1-8,14H,9-13,23H2/t14-/m0/s1. The van der Waals surface area contributed by atoms with Crippen LogP contribution in [0.3, 0.4) is 0 Å². The average molecular weight is 384 g/mol. The highest BCUT2D eigenvalue weighted by Gasteiger charge is 2.30. The zero-order valence-corrected chi connectivity index (χ0v) is 15.7. The summed E-state index contributed by atoms with van der Waals surface area (Å²) >= 11 is 1.33. The summed E-state index contributed by atoms with van der Waals surface area (Å²) in [6.45, 7) is 2.08. The number of nitrogens with two attached hydrogens (primary N) is 1. The van der Waals surface area contributed by atoms with Crippen LogP contribution >= 0.6 is 11.3 Å². The molecule has 0 saturated carbocycles. The van der Waals surface area contributed by atoms with Crippen LogP contribution < -0.4 is 10.5 Å². The Morgan fingerprint density at radius 3 is 2.78 bits per heavy atom. The Hall–Kier alpha value is -2.44. The molecule has 0 spiro atoms. The molecule has 3 aromatic rings. The Bertz CT molecular complexity index is 957. The average Bonchev–Trinajstić information content (AvgIpc) is 3.32. The summed E-state index contributed by atoms with van der Waals surface area (Å²) in [5.74, 6) is 0.647. The maximum atomic E-state index is 14.6. The zero-order valence-electron chi connectivity index (χ0n) is 14.9. The molecule has 2 heterocycles. The van der Waals surface area contributed by atoms with E-state index in [0.29, 0.717) is 47.1 Å². The van der Waals surface area contributed by atoms with Crippen molar-refractivity contribution in [1.82, 2.24) is 4.90 Å². The van der Waals surface area contributed by atoms with Gasteiger partial charge in [-0.15, -0.1) is 11.3 Å². The second kappa shape index (κ2) is 7.66. The molecule has 2 N–H and O–H groups in total. The van der Waals surface area contributed by atoms with E-state index in [1.54, 1.807) is 6.07 Å². The fourth-order valence-electron chi connectivity index (χ4n) is 3.50. The van der Waals surface area contributed by atoms with Crippen molar-refractivity contribution in [3.63, 3.8) is 0 Å². The van der Waals surface area contributed by atoms with E-state index in [0.717, 1.165) is 11.1 Å². The normalized spacial score (nSPS) is 16.8. The molecule has 1 aromatic heterocycles. The number of likely N-dealkylation sites (tertiary alicyclic amines) is 1. The number of benzene rings is 2. The molecule has 1 atom stereocenters. The number of ether oxygens (including phenoxy) is 1. The van der Waals surface area contributed by atoms with Gasteiger partial charge in [-0.1, -0.05) is 24.3 Å². The van der Waals surface area contributed by atoms with Crippen LogP contribution in [0.15, 0.2) is 48.5 Å². The highest BCUT2D eigenvalue weighted by Crippen LogP contribution is 2.35. The summed E-state index contributed by atoms with van der Waals surface area (Å²) in [6, 6.07) is 14.3. The van der Waals surface area contributed by atoms with Crippen LogP contribution in [0.4, 0.5) is 4.39 Å². The van der Waals surface area contributed by atoms with Gasteiger partial charge < -0.3 is 15.4 Å². The quantitative estimate of drug-likeness (QED) is 0.722. The first-order valence-electron chi connectivity index (χ1n) is 9.04. The van der Waals surface area contributed by atoms with Crippen LogP contribution in [-0.4, -0.2) is 30.4 Å². The summed E-state index contributed by atoms with van der Waals surface area (Å²) in [7, 11) is 0. The molecule has 2 aromatic carbocycles. The Balaban J connectivity index is 1.69. The first kappa shape index (κ1) is 17.9. The fourth-order valence-corrected chi connectivity index (χ4v) is 4.69. The van der Waals surface area contributed by atoms with Crippen LogP contribution in [0.5, 0.6) is 5.75 Å². The molecule has 0 aliphatic carbocycles. The minimum Gasteiger partial charge on any atom is -0.489 e. The number of carbonyl (C=O) groups excluding carboxylic acids is 1. The topological polar surface area (TPSA) is 55.6 Å². The largest absolute Gasteiger partial charge is 0.489 e. The van der Waals surface area contributed by atoms with Gasteiger partial charge in [-0.3, -0.25) is 4.79 Å². The van der Waals surface area contributed by atoms with Gasteiger partial charge in [-0.25, -0.2) is 4.39 Å². The molecule has 1 aliphatic rings. The molecule has 6 heteroatoms. The van der Waals surface area contributed by atoms with Gasteiger partial charge in [0, 0.05) is 28.7 Å². The third-order valence-corrected chi connectivity index (χ3v) is 6.18. The van der Waals surface area contributed by atoms with Gasteiger partial charge in [0.1, 0.15) is 18.2 Å². The minimum absolute atomic E-state index is 0.0572. The van der Waals surface area contributed by atoms with E-state index in [1.807, 2.05) is 41.3 Å². The van der Waals surface area contributed by atoms with Crippen LogP contribution in [0.1, 0.15) is 21.7 Å². The third-order valence-electron chi connectivity index (χ3n) is 4.99. The van der Waals surface area contributed by atoms with Crippen molar-refractivity contribution in [2.75, 3.05) is 19.6 Å². The van der Waals surface area contributed by atoms with Crippen molar-refractivity contribution in [1.29, 1.82) is 0 Å². The van der Waals surface area contributed by atoms with Gasteiger partial charge in [-0.05, 0) is 43.1 Å². The smallest absolute Gasteiger partial charge is 0.264 e. The molecule has 0 radical (unpaired) electrons. The summed E-state index contributed by atoms with van der Waals surface area (Å²) < 4.78 is 21.2. The van der Waals surface area contributed by atoms with E-state index in [-0.39, 0.29) is 18.3 Å². The molecular formula is C21H21FN2O2S. The zero-order chi connectivity index (χ0) is 18.8. The lowest BCUT2D eigenvalue weighted by molar-refractivity contribution is 0.0790. The molecule has 1 saturated heterocycles. The number of para-hydroxylation sites is 1. The van der Waals surface area contributed by atoms with Crippen molar-refractivity contribution in [3.8, 4) is 5.75 Å². The van der Waals surface area contributed by atoms with E-state index >= 15 is 0 Å². The van der Waals surface area contributed by atoms with Crippen molar-refractivity contribution >= 4 is 27.3 Å². The Morgan fingerprint density at radius 2 is 2.04 bits per heavy atom. The van der Waals surface area contributed by atoms with Crippen LogP contribution in [0, 0.1) is 11.7 Å².